The van der Waals surface area contributed by atoms with Crippen molar-refractivity contribution >= 4 is 11.9 Å². The third-order valence-corrected chi connectivity index (χ3v) is 14.7. The van der Waals surface area contributed by atoms with Gasteiger partial charge in [-0.1, -0.05) is 288 Å². The van der Waals surface area contributed by atoms with Gasteiger partial charge in [0.2, 0.25) is 5.91 Å². The lowest BCUT2D eigenvalue weighted by Crippen LogP contribution is -2.45. The topological polar surface area (TPSA) is 95.9 Å². The molecule has 0 aliphatic heterocycles. The van der Waals surface area contributed by atoms with Crippen molar-refractivity contribution in [2.24, 2.45) is 0 Å². The van der Waals surface area contributed by atoms with Crippen LogP contribution in [0, 0.1) is 0 Å². The van der Waals surface area contributed by atoms with Crippen molar-refractivity contribution in [1.29, 1.82) is 0 Å². The summed E-state index contributed by atoms with van der Waals surface area (Å²) in [7, 11) is 0. The maximum absolute atomic E-state index is 12.5. The average Bonchev–Trinajstić information content (AvgIpc) is 3.37. The first-order valence-corrected chi connectivity index (χ1v) is 31.7. The van der Waals surface area contributed by atoms with E-state index in [1.165, 1.54) is 244 Å². The molecule has 3 N–H and O–H groups in total. The maximum atomic E-state index is 12.5. The minimum absolute atomic E-state index is 0.0160. The Labute approximate surface area is 443 Å². The smallest absolute Gasteiger partial charge is 0.305 e. The van der Waals surface area contributed by atoms with Crippen LogP contribution in [0.15, 0.2) is 36.5 Å². The number of ether oxygens (including phenoxy) is 1. The molecule has 0 aromatic rings. The van der Waals surface area contributed by atoms with Gasteiger partial charge in [-0.2, -0.15) is 0 Å². The third-order valence-electron chi connectivity index (χ3n) is 14.7. The van der Waals surface area contributed by atoms with E-state index in [1.807, 2.05) is 0 Å². The van der Waals surface area contributed by atoms with Gasteiger partial charge < -0.3 is 20.3 Å². The molecule has 0 fully saturated rings. The number of hydrogen-bond donors (Lipinski definition) is 3. The largest absolute Gasteiger partial charge is 0.466 e. The summed E-state index contributed by atoms with van der Waals surface area (Å²) in [4.78, 5) is 24.6. The van der Waals surface area contributed by atoms with Gasteiger partial charge in [0.15, 0.2) is 0 Å². The van der Waals surface area contributed by atoms with E-state index in [4.69, 9.17) is 4.74 Å². The molecule has 0 aliphatic rings. The zero-order valence-electron chi connectivity index (χ0n) is 47.7. The Balaban J connectivity index is 3.46. The Hall–Kier alpha value is -1.92. The number of amides is 1. The van der Waals surface area contributed by atoms with Crippen molar-refractivity contribution in [1.82, 2.24) is 5.32 Å². The van der Waals surface area contributed by atoms with Gasteiger partial charge in [-0.05, 0) is 77.0 Å². The Bertz CT molecular complexity index is 1150. The van der Waals surface area contributed by atoms with Crippen LogP contribution in [0.3, 0.4) is 0 Å². The molecule has 1 amide bonds. The lowest BCUT2D eigenvalue weighted by Gasteiger charge is -2.22. The number of unbranched alkanes of at least 4 members (excludes halogenated alkanes) is 42. The van der Waals surface area contributed by atoms with Gasteiger partial charge in [0.05, 0.1) is 25.4 Å². The van der Waals surface area contributed by atoms with Gasteiger partial charge in [0.25, 0.3) is 0 Å². The number of allylic oxidation sites excluding steroid dienone is 6. The summed E-state index contributed by atoms with van der Waals surface area (Å²) in [6.07, 6.45) is 75.8. The molecule has 71 heavy (non-hydrogen) atoms. The van der Waals surface area contributed by atoms with Crippen molar-refractivity contribution in [2.75, 3.05) is 13.2 Å². The predicted octanol–water partition coefficient (Wildman–Crippen LogP) is 20.0. The quantitative estimate of drug-likeness (QED) is 0.0321. The van der Waals surface area contributed by atoms with E-state index in [0.717, 1.165) is 64.2 Å². The molecule has 6 nitrogen and oxygen atoms in total. The molecule has 0 saturated heterocycles. The van der Waals surface area contributed by atoms with E-state index in [1.54, 1.807) is 0 Å². The van der Waals surface area contributed by atoms with Crippen LogP contribution in [-0.4, -0.2) is 47.4 Å². The maximum Gasteiger partial charge on any atom is 0.305 e. The summed E-state index contributed by atoms with van der Waals surface area (Å²) in [5.74, 6) is -0.0604. The number of aliphatic hydroxyl groups excluding tert-OH is 2. The van der Waals surface area contributed by atoms with Crippen LogP contribution < -0.4 is 5.32 Å². The molecule has 0 aromatic heterocycles. The van der Waals surface area contributed by atoms with Crippen molar-refractivity contribution in [3.8, 4) is 0 Å². The Morgan fingerprint density at radius 2 is 0.718 bits per heavy atom. The second kappa shape index (κ2) is 60.6. The summed E-state index contributed by atoms with van der Waals surface area (Å²) in [5, 5.41) is 23.4. The number of esters is 1. The first-order valence-electron chi connectivity index (χ1n) is 31.7. The van der Waals surface area contributed by atoms with E-state index >= 15 is 0 Å². The van der Waals surface area contributed by atoms with E-state index in [-0.39, 0.29) is 18.5 Å². The number of aliphatic hydroxyl groups is 2. The number of rotatable bonds is 59. The van der Waals surface area contributed by atoms with Gasteiger partial charge in [-0.15, -0.1) is 0 Å². The fourth-order valence-corrected chi connectivity index (χ4v) is 9.77. The molecule has 0 heterocycles. The van der Waals surface area contributed by atoms with E-state index in [9.17, 15) is 19.8 Å². The molecule has 0 bridgehead atoms. The Morgan fingerprint density at radius 3 is 1.13 bits per heavy atom. The number of hydrogen-bond acceptors (Lipinski definition) is 5. The van der Waals surface area contributed by atoms with Crippen LogP contribution in [-0.2, 0) is 14.3 Å². The predicted molar refractivity (Wildman–Crippen MR) is 310 cm³/mol. The SMILES string of the molecule is CCCC/C=C\C/C=C\CCCCCCCC(=O)OCCCCCCCC/C=C\CCCCCCCCCC(=O)NC(CO)C(O)CCCCCCCCCCCCCCCCCCCCCCCCC. The highest BCUT2D eigenvalue weighted by atomic mass is 16.5. The van der Waals surface area contributed by atoms with Gasteiger partial charge in [-0.25, -0.2) is 0 Å². The lowest BCUT2D eigenvalue weighted by molar-refractivity contribution is -0.143. The highest BCUT2D eigenvalue weighted by Crippen LogP contribution is 2.18. The van der Waals surface area contributed by atoms with Crippen LogP contribution in [0.2, 0.25) is 0 Å². The summed E-state index contributed by atoms with van der Waals surface area (Å²) in [6, 6.07) is -0.553. The van der Waals surface area contributed by atoms with E-state index in [2.05, 4.69) is 55.6 Å². The summed E-state index contributed by atoms with van der Waals surface area (Å²) in [5.41, 5.74) is 0. The third kappa shape index (κ3) is 57.2. The summed E-state index contributed by atoms with van der Waals surface area (Å²) < 4.78 is 5.46. The minimum Gasteiger partial charge on any atom is -0.466 e. The molecule has 0 rings (SSSR count). The Morgan fingerprint density at radius 1 is 0.394 bits per heavy atom. The minimum atomic E-state index is -0.674. The number of nitrogens with one attached hydrogen (secondary N) is 1. The number of carbonyl (C=O) groups is 2. The fourth-order valence-electron chi connectivity index (χ4n) is 9.77. The van der Waals surface area contributed by atoms with Crippen LogP contribution in [0.1, 0.15) is 341 Å². The normalized spacial score (nSPS) is 12.8. The second-order valence-corrected chi connectivity index (χ2v) is 21.7. The second-order valence-electron chi connectivity index (χ2n) is 21.7. The first-order chi connectivity index (χ1) is 35.0. The molecule has 6 heteroatoms. The first kappa shape index (κ1) is 69.1. The van der Waals surface area contributed by atoms with Crippen molar-refractivity contribution in [3.05, 3.63) is 36.5 Å². The van der Waals surface area contributed by atoms with Gasteiger partial charge in [0.1, 0.15) is 0 Å². The molecular weight excluding hydrogens is 875 g/mol. The summed E-state index contributed by atoms with van der Waals surface area (Å²) in [6.45, 7) is 4.91. The Kier molecular flexibility index (Phi) is 59.0. The molecule has 0 spiro atoms. The zero-order valence-corrected chi connectivity index (χ0v) is 47.7. The molecule has 2 atom stereocenters. The van der Waals surface area contributed by atoms with Crippen LogP contribution >= 0.6 is 0 Å². The van der Waals surface area contributed by atoms with Crippen LogP contribution in [0.5, 0.6) is 0 Å². The lowest BCUT2D eigenvalue weighted by atomic mass is 10.0. The molecule has 0 saturated carbocycles. The molecule has 2 unspecified atom stereocenters. The van der Waals surface area contributed by atoms with Gasteiger partial charge in [0, 0.05) is 12.8 Å². The molecule has 0 radical (unpaired) electrons. The fraction of sp³-hybridized carbons (Fsp3) is 0.877. The monoisotopic (exact) mass is 998 g/mol. The molecule has 418 valence electrons. The van der Waals surface area contributed by atoms with E-state index < -0.39 is 12.1 Å². The molecular formula is C65H123NO5. The van der Waals surface area contributed by atoms with Gasteiger partial charge in [-0.3, -0.25) is 9.59 Å². The highest BCUT2D eigenvalue weighted by Gasteiger charge is 2.20. The summed E-state index contributed by atoms with van der Waals surface area (Å²) >= 11 is 0. The standard InChI is InChI=1S/C65H123NO5/c1-3-5-7-9-11-13-15-17-19-20-21-22-23-24-25-27-30-33-37-41-45-49-53-57-63(68)62(61-67)66-64(69)58-54-50-46-42-38-34-31-28-26-29-32-36-40-44-48-52-56-60-71-65(70)59-55-51-47-43-39-35-18-16-14-12-10-8-6-4-2/h10,12,16,18,26,29,62-63,67-68H,3-9,11,13-15,17,19-25,27-28,30-61H2,1-2H3,(H,66,69)/b12-10-,18-16-,29-26-. The van der Waals surface area contributed by atoms with Crippen molar-refractivity contribution in [2.45, 2.75) is 353 Å². The highest BCUT2D eigenvalue weighted by molar-refractivity contribution is 5.76. The van der Waals surface area contributed by atoms with Gasteiger partial charge >= 0.3 is 5.97 Å². The van der Waals surface area contributed by atoms with Crippen LogP contribution in [0.4, 0.5) is 0 Å². The number of carbonyl (C=O) groups excluding carboxylic acids is 2. The van der Waals surface area contributed by atoms with Crippen molar-refractivity contribution in [3.63, 3.8) is 0 Å². The molecule has 0 aliphatic carbocycles. The average molecular weight is 999 g/mol. The zero-order chi connectivity index (χ0) is 51.4. The molecule has 0 aromatic carbocycles. The van der Waals surface area contributed by atoms with E-state index in [0.29, 0.717) is 25.9 Å². The van der Waals surface area contributed by atoms with Crippen LogP contribution in [0.25, 0.3) is 0 Å². The van der Waals surface area contributed by atoms with Crippen molar-refractivity contribution < 1.29 is 24.5 Å².